The van der Waals surface area contributed by atoms with Crippen LogP contribution >= 0.6 is 0 Å². The van der Waals surface area contributed by atoms with E-state index in [0.717, 1.165) is 29.6 Å². The van der Waals surface area contributed by atoms with Crippen molar-refractivity contribution in [2.24, 2.45) is 29.1 Å². The molecule has 0 amide bonds. The van der Waals surface area contributed by atoms with Crippen LogP contribution < -0.4 is 0 Å². The number of hydrogen-bond donors (Lipinski definition) is 2. The Kier molecular flexibility index (Phi) is 6.21. The fourth-order valence-electron chi connectivity index (χ4n) is 5.36. The van der Waals surface area contributed by atoms with Crippen LogP contribution in [0.5, 0.6) is 0 Å². The van der Waals surface area contributed by atoms with Crippen molar-refractivity contribution in [1.82, 2.24) is 0 Å². The van der Waals surface area contributed by atoms with E-state index in [1.165, 1.54) is 0 Å². The molecule has 0 aromatic carbocycles. The molecule has 0 spiro atoms. The highest BCUT2D eigenvalue weighted by Crippen LogP contribution is 2.50. The van der Waals surface area contributed by atoms with Crippen LogP contribution in [-0.4, -0.2) is 34.7 Å². The van der Waals surface area contributed by atoms with Crippen LogP contribution in [0.25, 0.3) is 0 Å². The van der Waals surface area contributed by atoms with Gasteiger partial charge in [-0.1, -0.05) is 31.1 Å². The lowest BCUT2D eigenvalue weighted by atomic mass is 9.68. The summed E-state index contributed by atoms with van der Waals surface area (Å²) in [6, 6.07) is 0. The summed E-state index contributed by atoms with van der Waals surface area (Å²) < 4.78 is 5.61. The molecule has 1 fully saturated rings. The van der Waals surface area contributed by atoms with Crippen LogP contribution in [0.1, 0.15) is 60.3 Å². The van der Waals surface area contributed by atoms with Gasteiger partial charge in [-0.3, -0.25) is 9.59 Å². The van der Waals surface area contributed by atoms with E-state index in [1.54, 1.807) is 13.0 Å². The molecule has 0 saturated carbocycles. The number of ether oxygens (including phenoxy) is 1. The Balaban J connectivity index is 2.05. The Labute approximate surface area is 173 Å². The molecule has 5 atom stereocenters. The van der Waals surface area contributed by atoms with E-state index >= 15 is 0 Å². The molecule has 0 aromatic rings. The summed E-state index contributed by atoms with van der Waals surface area (Å²) in [6.45, 7) is 9.62. The van der Waals surface area contributed by atoms with Crippen molar-refractivity contribution in [2.45, 2.75) is 66.4 Å². The highest BCUT2D eigenvalue weighted by atomic mass is 16.5. The zero-order valence-corrected chi connectivity index (χ0v) is 18.2. The summed E-state index contributed by atoms with van der Waals surface area (Å²) in [6.07, 6.45) is 5.68. The molecular weight excluding hydrogens is 368 g/mol. The molecular formula is C24H34O5. The van der Waals surface area contributed by atoms with Crippen molar-refractivity contribution in [2.75, 3.05) is 6.61 Å². The second kappa shape index (κ2) is 8.19. The largest absolute Gasteiger partial charge is 0.430 e. The summed E-state index contributed by atoms with van der Waals surface area (Å²) in [7, 11) is 0. The SMILES string of the molecule is CC1=C[C@H]2C(=C(C)CC[C@@]3(CO)C(=O)C=C(C(C)C)[C@@H]3CC1)OC(=O)[C@@H]2[C@H](C)O. The summed E-state index contributed by atoms with van der Waals surface area (Å²) in [5, 5.41) is 20.5. The third kappa shape index (κ3) is 3.75. The Morgan fingerprint density at radius 2 is 1.90 bits per heavy atom. The maximum Gasteiger partial charge on any atom is 0.317 e. The lowest BCUT2D eigenvalue weighted by Crippen LogP contribution is -2.38. The second-order valence-electron chi connectivity index (χ2n) is 9.44. The zero-order valence-electron chi connectivity index (χ0n) is 18.2. The first-order valence-electron chi connectivity index (χ1n) is 10.8. The topological polar surface area (TPSA) is 83.8 Å². The molecule has 2 aliphatic carbocycles. The fourth-order valence-corrected chi connectivity index (χ4v) is 5.36. The summed E-state index contributed by atoms with van der Waals surface area (Å²) >= 11 is 0. The van der Waals surface area contributed by atoms with Crippen LogP contribution in [0.2, 0.25) is 0 Å². The number of carbonyl (C=O) groups is 2. The number of hydrogen-bond acceptors (Lipinski definition) is 5. The van der Waals surface area contributed by atoms with Gasteiger partial charge in [0.2, 0.25) is 0 Å². The standard InChI is InChI=1S/C24H34O5/c1-13(2)17-11-20(27)24(12-25)9-8-15(4)22-18(10-14(3)6-7-19(17)24)21(16(5)26)23(28)29-22/h10-11,13,16,18-19,21,25-26H,6-9,12H2,1-5H3/t16-,18+,19-,21+,24-/m0/s1. The minimum Gasteiger partial charge on any atom is -0.430 e. The van der Waals surface area contributed by atoms with Gasteiger partial charge in [-0.15, -0.1) is 0 Å². The molecule has 0 bridgehead atoms. The first-order chi connectivity index (χ1) is 13.6. The highest BCUT2D eigenvalue weighted by molar-refractivity contribution is 5.99. The van der Waals surface area contributed by atoms with Gasteiger partial charge in [0, 0.05) is 0 Å². The van der Waals surface area contributed by atoms with E-state index in [4.69, 9.17) is 4.74 Å². The van der Waals surface area contributed by atoms with Gasteiger partial charge < -0.3 is 14.9 Å². The maximum absolute atomic E-state index is 13.0. The average Bonchev–Trinajstić information content (AvgIpc) is 3.11. The van der Waals surface area contributed by atoms with Gasteiger partial charge >= 0.3 is 5.97 Å². The van der Waals surface area contributed by atoms with Gasteiger partial charge in [0.15, 0.2) is 5.78 Å². The van der Waals surface area contributed by atoms with Gasteiger partial charge in [-0.2, -0.15) is 0 Å². The summed E-state index contributed by atoms with van der Waals surface area (Å²) in [4.78, 5) is 25.5. The molecule has 5 heteroatoms. The third-order valence-corrected chi connectivity index (χ3v) is 7.16. The minimum absolute atomic E-state index is 0.0224. The highest BCUT2D eigenvalue weighted by Gasteiger charge is 2.50. The molecule has 1 aliphatic heterocycles. The van der Waals surface area contributed by atoms with Crippen molar-refractivity contribution in [3.05, 3.63) is 34.6 Å². The molecule has 0 radical (unpaired) electrons. The van der Waals surface area contributed by atoms with E-state index in [1.807, 2.05) is 13.8 Å². The van der Waals surface area contributed by atoms with Crippen LogP contribution in [0.3, 0.4) is 0 Å². The van der Waals surface area contributed by atoms with Gasteiger partial charge in [-0.25, -0.2) is 0 Å². The summed E-state index contributed by atoms with van der Waals surface area (Å²) in [5.74, 6) is -0.365. The molecule has 2 N–H and O–H groups in total. The van der Waals surface area contributed by atoms with E-state index in [2.05, 4.69) is 19.9 Å². The number of ketones is 1. The van der Waals surface area contributed by atoms with Crippen LogP contribution in [-0.2, 0) is 14.3 Å². The van der Waals surface area contributed by atoms with E-state index in [9.17, 15) is 19.8 Å². The number of rotatable bonds is 3. The van der Waals surface area contributed by atoms with E-state index < -0.39 is 23.4 Å². The van der Waals surface area contributed by atoms with Gasteiger partial charge in [0.1, 0.15) is 5.76 Å². The molecule has 1 saturated heterocycles. The molecule has 3 aliphatic rings. The zero-order chi connectivity index (χ0) is 21.5. The van der Waals surface area contributed by atoms with Crippen molar-refractivity contribution in [1.29, 1.82) is 0 Å². The predicted octanol–water partition coefficient (Wildman–Crippen LogP) is 3.71. The summed E-state index contributed by atoms with van der Waals surface area (Å²) in [5.41, 5.74) is 2.36. The molecule has 3 rings (SSSR count). The fraction of sp³-hybridized carbons (Fsp3) is 0.667. The first kappa shape index (κ1) is 22.0. The van der Waals surface area contributed by atoms with Gasteiger partial charge in [0.25, 0.3) is 0 Å². The molecule has 5 nitrogen and oxygen atoms in total. The third-order valence-electron chi connectivity index (χ3n) is 7.16. The van der Waals surface area contributed by atoms with Crippen LogP contribution in [0.15, 0.2) is 34.6 Å². The lowest BCUT2D eigenvalue weighted by Gasteiger charge is -2.35. The van der Waals surface area contributed by atoms with Crippen molar-refractivity contribution >= 4 is 11.8 Å². The molecule has 0 unspecified atom stereocenters. The van der Waals surface area contributed by atoms with Crippen molar-refractivity contribution in [3.63, 3.8) is 0 Å². The quantitative estimate of drug-likeness (QED) is 0.555. The predicted molar refractivity (Wildman–Crippen MR) is 111 cm³/mol. The first-order valence-corrected chi connectivity index (χ1v) is 10.8. The average molecular weight is 403 g/mol. The van der Waals surface area contributed by atoms with E-state index in [0.29, 0.717) is 18.6 Å². The lowest BCUT2D eigenvalue weighted by molar-refractivity contribution is -0.142. The van der Waals surface area contributed by atoms with E-state index in [-0.39, 0.29) is 30.1 Å². The monoisotopic (exact) mass is 402 g/mol. The van der Waals surface area contributed by atoms with Crippen LogP contribution in [0, 0.1) is 29.1 Å². The maximum atomic E-state index is 13.0. The Bertz CT molecular complexity index is 785. The Hall–Kier alpha value is -1.72. The molecule has 160 valence electrons. The Morgan fingerprint density at radius 1 is 1.21 bits per heavy atom. The number of allylic oxidation sites excluding steroid dienone is 5. The molecule has 29 heavy (non-hydrogen) atoms. The Morgan fingerprint density at radius 3 is 2.48 bits per heavy atom. The normalized spacial score (nSPS) is 34.3. The van der Waals surface area contributed by atoms with Gasteiger partial charge in [-0.05, 0) is 69.9 Å². The number of esters is 1. The van der Waals surface area contributed by atoms with Crippen molar-refractivity contribution < 1.29 is 24.5 Å². The number of aliphatic hydroxyl groups is 2. The molecule has 1 heterocycles. The molecule has 0 aromatic heterocycles. The number of fused-ring (bicyclic) bond motifs is 2. The second-order valence-corrected chi connectivity index (χ2v) is 9.44. The number of carbonyl (C=O) groups excluding carboxylic acids is 2. The van der Waals surface area contributed by atoms with Gasteiger partial charge in [0.05, 0.1) is 30.0 Å². The van der Waals surface area contributed by atoms with Crippen LogP contribution in [0.4, 0.5) is 0 Å². The smallest absolute Gasteiger partial charge is 0.317 e. The number of aliphatic hydroxyl groups excluding tert-OH is 2. The minimum atomic E-state index is -0.799. The van der Waals surface area contributed by atoms with Crippen molar-refractivity contribution in [3.8, 4) is 0 Å².